The molecule has 2 aromatic carbocycles. The number of ether oxygens (including phenoxy) is 1. The Balaban J connectivity index is 1.16. The number of benzene rings is 2. The molecule has 0 radical (unpaired) electrons. The van der Waals surface area contributed by atoms with Crippen LogP contribution in [0, 0.1) is 35.5 Å². The first-order valence-corrected chi connectivity index (χ1v) is 11.1. The van der Waals surface area contributed by atoms with Gasteiger partial charge in [-0.2, -0.15) is 10.1 Å². The fourth-order valence-electron chi connectivity index (χ4n) is 5.61. The van der Waals surface area contributed by atoms with Crippen LogP contribution in [0.15, 0.2) is 65.8 Å². The number of carbonyl (C=O) groups is 2. The summed E-state index contributed by atoms with van der Waals surface area (Å²) >= 11 is 5.92. The number of amides is 2. The molecule has 0 aromatic heterocycles. The van der Waals surface area contributed by atoms with Gasteiger partial charge in [0.25, 0.3) is 11.8 Å². The predicted molar refractivity (Wildman–Crippen MR) is 116 cm³/mol. The van der Waals surface area contributed by atoms with Crippen LogP contribution in [0.25, 0.3) is 0 Å². The van der Waals surface area contributed by atoms with Crippen LogP contribution >= 0.6 is 11.6 Å². The van der Waals surface area contributed by atoms with Gasteiger partial charge in [-0.1, -0.05) is 48.0 Å². The molecule has 31 heavy (non-hydrogen) atoms. The van der Waals surface area contributed by atoms with Gasteiger partial charge in [0.2, 0.25) is 0 Å². The summed E-state index contributed by atoms with van der Waals surface area (Å²) in [5.74, 6) is 1.54. The highest BCUT2D eigenvalue weighted by Crippen LogP contribution is 2.65. The average molecular weight is 433 g/mol. The quantitative estimate of drug-likeness (QED) is 0.402. The van der Waals surface area contributed by atoms with Crippen LogP contribution in [0.5, 0.6) is 5.75 Å². The number of hydrogen-bond acceptors (Lipinski definition) is 4. The van der Waals surface area contributed by atoms with Gasteiger partial charge >= 0.3 is 0 Å². The molecule has 2 saturated carbocycles. The molecule has 6 heteroatoms. The third kappa shape index (κ3) is 3.10. The van der Waals surface area contributed by atoms with Crippen molar-refractivity contribution in [1.82, 2.24) is 5.01 Å². The lowest BCUT2D eigenvalue weighted by atomic mass is 9.63. The van der Waals surface area contributed by atoms with E-state index in [1.807, 2.05) is 48.5 Å². The minimum absolute atomic E-state index is 0.147. The van der Waals surface area contributed by atoms with Crippen LogP contribution in [0.3, 0.4) is 0 Å². The van der Waals surface area contributed by atoms with Gasteiger partial charge in [0.1, 0.15) is 12.4 Å². The molecule has 6 atom stereocenters. The average Bonchev–Trinajstić information content (AvgIpc) is 3.57. The van der Waals surface area contributed by atoms with Crippen molar-refractivity contribution < 1.29 is 14.3 Å². The van der Waals surface area contributed by atoms with Crippen LogP contribution in [-0.4, -0.2) is 23.0 Å². The van der Waals surface area contributed by atoms with Crippen LogP contribution in [0.4, 0.5) is 0 Å². The lowest BCUT2D eigenvalue weighted by molar-refractivity contribution is -0.140. The Morgan fingerprint density at radius 1 is 1.00 bits per heavy atom. The summed E-state index contributed by atoms with van der Waals surface area (Å²) in [7, 11) is 0. The Morgan fingerprint density at radius 3 is 2.35 bits per heavy atom. The summed E-state index contributed by atoms with van der Waals surface area (Å²) in [6, 6.07) is 14.9. The molecule has 156 valence electrons. The van der Waals surface area contributed by atoms with Crippen LogP contribution in [0.1, 0.15) is 17.5 Å². The van der Waals surface area contributed by atoms with E-state index in [9.17, 15) is 9.59 Å². The van der Waals surface area contributed by atoms with Gasteiger partial charge < -0.3 is 4.74 Å². The van der Waals surface area contributed by atoms with Crippen LogP contribution < -0.4 is 4.74 Å². The van der Waals surface area contributed by atoms with E-state index >= 15 is 0 Å². The van der Waals surface area contributed by atoms with Crippen molar-refractivity contribution in [2.24, 2.45) is 40.6 Å². The molecular weight excluding hydrogens is 412 g/mol. The Morgan fingerprint density at radius 2 is 1.68 bits per heavy atom. The molecule has 2 aromatic rings. The molecular formula is C25H21ClN2O3. The largest absolute Gasteiger partial charge is 0.489 e. The second-order valence-electron chi connectivity index (χ2n) is 8.88. The zero-order chi connectivity index (χ0) is 21.1. The number of halogens is 1. The summed E-state index contributed by atoms with van der Waals surface area (Å²) in [6.07, 6.45) is 7.06. The SMILES string of the molecule is O=C1[C@@H]2[C@H]3C=C[C@@H]([C@@H]4C[C@H]34)[C@H]2C(=O)N1/N=C\c1cccc(OCc2ccc(Cl)cc2)c1. The highest BCUT2D eigenvalue weighted by atomic mass is 35.5. The van der Waals surface area contributed by atoms with Crippen molar-refractivity contribution in [3.05, 3.63) is 76.8 Å². The fourth-order valence-corrected chi connectivity index (χ4v) is 5.74. The lowest BCUT2D eigenvalue weighted by Crippen LogP contribution is -2.40. The van der Waals surface area contributed by atoms with E-state index in [4.69, 9.17) is 16.3 Å². The van der Waals surface area contributed by atoms with Gasteiger partial charge in [0, 0.05) is 5.02 Å². The molecule has 0 N–H and O–H groups in total. The van der Waals surface area contributed by atoms with Gasteiger partial charge in [-0.25, -0.2) is 0 Å². The summed E-state index contributed by atoms with van der Waals surface area (Å²) in [5.41, 5.74) is 1.79. The van der Waals surface area contributed by atoms with Gasteiger partial charge in [-0.3, -0.25) is 9.59 Å². The van der Waals surface area contributed by atoms with E-state index < -0.39 is 0 Å². The Bertz CT molecular complexity index is 1090. The predicted octanol–water partition coefficient (Wildman–Crippen LogP) is 4.31. The number of hydrazone groups is 1. The first-order valence-electron chi connectivity index (χ1n) is 10.7. The molecule has 7 rings (SSSR count). The number of nitrogens with zero attached hydrogens (tertiary/aromatic N) is 2. The fraction of sp³-hybridized carbons (Fsp3) is 0.320. The highest BCUT2D eigenvalue weighted by molar-refractivity contribution is 6.30. The normalized spacial score (nSPS) is 32.5. The van der Waals surface area contributed by atoms with E-state index in [2.05, 4.69) is 17.3 Å². The Kier molecular flexibility index (Phi) is 4.29. The molecule has 5 nitrogen and oxygen atoms in total. The molecule has 5 aliphatic rings. The molecule has 1 saturated heterocycles. The minimum Gasteiger partial charge on any atom is -0.489 e. The highest BCUT2D eigenvalue weighted by Gasteiger charge is 2.67. The number of allylic oxidation sites excluding steroid dienone is 2. The van der Waals surface area contributed by atoms with Gasteiger partial charge in [-0.05, 0) is 65.5 Å². The van der Waals surface area contributed by atoms with Crippen molar-refractivity contribution in [3.63, 3.8) is 0 Å². The Hall–Kier alpha value is -2.92. The maximum Gasteiger partial charge on any atom is 0.254 e. The molecule has 2 amide bonds. The first-order chi connectivity index (χ1) is 15.1. The summed E-state index contributed by atoms with van der Waals surface area (Å²) in [4.78, 5) is 26.0. The topological polar surface area (TPSA) is 59.0 Å². The second-order valence-corrected chi connectivity index (χ2v) is 9.31. The molecule has 4 aliphatic carbocycles. The molecule has 1 heterocycles. The third-order valence-corrected chi connectivity index (χ3v) is 7.39. The molecule has 0 spiro atoms. The standard InChI is InChI=1S/C25H21ClN2O3/c26-16-6-4-14(5-7-16)13-31-17-3-1-2-15(10-17)12-27-28-24(29)22-18-8-9-19(21-11-20(18)21)23(22)25(28)30/h1-10,12,18-23H,11,13H2/b27-12-/t18-,19-,20-,21+,22+,23+/m0/s1. The zero-order valence-corrected chi connectivity index (χ0v) is 17.5. The van der Waals surface area contributed by atoms with E-state index in [0.717, 1.165) is 22.6 Å². The number of rotatable bonds is 5. The monoisotopic (exact) mass is 432 g/mol. The molecule has 3 fully saturated rings. The first kappa shape index (κ1) is 18.8. The lowest BCUT2D eigenvalue weighted by Gasteiger charge is -2.37. The summed E-state index contributed by atoms with van der Waals surface area (Å²) in [6.45, 7) is 0.419. The van der Waals surface area contributed by atoms with E-state index in [0.29, 0.717) is 29.2 Å². The summed E-state index contributed by atoms with van der Waals surface area (Å²) < 4.78 is 5.86. The van der Waals surface area contributed by atoms with Crippen LogP contribution in [-0.2, 0) is 16.2 Å². The molecule has 0 unspecified atom stereocenters. The maximum absolute atomic E-state index is 13.0. The molecule has 2 bridgehead atoms. The van der Waals surface area contributed by atoms with Gasteiger partial charge in [0.05, 0.1) is 18.1 Å². The van der Waals surface area contributed by atoms with Crippen molar-refractivity contribution in [2.45, 2.75) is 13.0 Å². The summed E-state index contributed by atoms with van der Waals surface area (Å²) in [5, 5.41) is 6.09. The van der Waals surface area contributed by atoms with Gasteiger partial charge in [0.15, 0.2) is 0 Å². The van der Waals surface area contributed by atoms with E-state index in [-0.39, 0.29) is 35.5 Å². The number of carbonyl (C=O) groups excluding carboxylic acids is 2. The smallest absolute Gasteiger partial charge is 0.254 e. The third-order valence-electron chi connectivity index (χ3n) is 7.14. The van der Waals surface area contributed by atoms with Crippen molar-refractivity contribution in [1.29, 1.82) is 0 Å². The van der Waals surface area contributed by atoms with Crippen molar-refractivity contribution >= 4 is 29.6 Å². The van der Waals surface area contributed by atoms with Crippen molar-refractivity contribution in [2.75, 3.05) is 0 Å². The zero-order valence-electron chi connectivity index (χ0n) is 16.7. The van der Waals surface area contributed by atoms with E-state index in [1.54, 1.807) is 6.21 Å². The number of imide groups is 1. The number of hydrogen-bond donors (Lipinski definition) is 0. The molecule has 1 aliphatic heterocycles. The van der Waals surface area contributed by atoms with E-state index in [1.165, 1.54) is 0 Å². The van der Waals surface area contributed by atoms with Crippen molar-refractivity contribution in [3.8, 4) is 5.75 Å². The van der Waals surface area contributed by atoms with Crippen LogP contribution in [0.2, 0.25) is 5.02 Å². The Labute approximate surface area is 185 Å². The maximum atomic E-state index is 13.0. The van der Waals surface area contributed by atoms with Gasteiger partial charge in [-0.15, -0.1) is 0 Å². The second kappa shape index (κ2) is 7.06. The minimum atomic E-state index is -0.225.